The molecule has 1 heterocycles. The van der Waals surface area contributed by atoms with Gasteiger partial charge in [-0.3, -0.25) is 9.79 Å². The van der Waals surface area contributed by atoms with E-state index in [1.165, 1.54) is 37.9 Å². The van der Waals surface area contributed by atoms with E-state index in [9.17, 15) is 9.18 Å². The fourth-order valence-electron chi connectivity index (χ4n) is 3.57. The lowest BCUT2D eigenvalue weighted by Gasteiger charge is -2.33. The number of nitrogens with one attached hydrogen (secondary N) is 3. The second-order valence-electron chi connectivity index (χ2n) is 7.58. The number of rotatable bonds is 10. The van der Waals surface area contributed by atoms with Gasteiger partial charge in [0.15, 0.2) is 5.96 Å². The average Bonchev–Trinajstić information content (AvgIpc) is 2.69. The molecule has 8 heteroatoms. The number of benzene rings is 1. The van der Waals surface area contributed by atoms with Crippen LogP contribution >= 0.6 is 24.0 Å². The maximum atomic E-state index is 13.2. The number of aliphatic imine (C=N–C) groups is 1. The normalized spacial score (nSPS) is 17.2. The summed E-state index contributed by atoms with van der Waals surface area (Å²) in [4.78, 5) is 19.2. The van der Waals surface area contributed by atoms with Crippen molar-refractivity contribution in [2.75, 3.05) is 39.3 Å². The van der Waals surface area contributed by atoms with Gasteiger partial charge in [0.25, 0.3) is 0 Å². The Labute approximate surface area is 197 Å². The number of piperidine rings is 1. The lowest BCUT2D eigenvalue weighted by atomic mass is 10.0. The van der Waals surface area contributed by atoms with Gasteiger partial charge in [0, 0.05) is 38.8 Å². The Morgan fingerprint density at radius 2 is 2.03 bits per heavy atom. The molecule has 0 bridgehead atoms. The Hall–Kier alpha value is -1.42. The number of nitrogens with zero attached hydrogens (tertiary/aromatic N) is 2. The van der Waals surface area contributed by atoms with E-state index in [1.54, 1.807) is 12.1 Å². The second kappa shape index (κ2) is 15.4. The van der Waals surface area contributed by atoms with Gasteiger partial charge in [-0.1, -0.05) is 18.6 Å². The highest BCUT2D eigenvalue weighted by molar-refractivity contribution is 14.0. The van der Waals surface area contributed by atoms with Crippen molar-refractivity contribution < 1.29 is 9.18 Å². The van der Waals surface area contributed by atoms with Crippen LogP contribution in [0.15, 0.2) is 29.3 Å². The lowest BCUT2D eigenvalue weighted by Crippen LogP contribution is -2.42. The maximum absolute atomic E-state index is 13.2. The number of hydrogen-bond donors (Lipinski definition) is 3. The molecule has 1 unspecified atom stereocenters. The first kappa shape index (κ1) is 26.6. The number of guanidine groups is 1. The third kappa shape index (κ3) is 10.6. The molecule has 1 atom stereocenters. The van der Waals surface area contributed by atoms with Crippen molar-refractivity contribution in [2.45, 2.75) is 52.0 Å². The van der Waals surface area contributed by atoms with Gasteiger partial charge in [-0.2, -0.15) is 0 Å². The van der Waals surface area contributed by atoms with Crippen LogP contribution in [-0.2, 0) is 11.2 Å². The summed E-state index contributed by atoms with van der Waals surface area (Å²) in [5.41, 5.74) is 0.674. The summed E-state index contributed by atoms with van der Waals surface area (Å²) in [5.74, 6) is 0.340. The minimum absolute atomic E-state index is 0. The standard InChI is InChI=1S/C22H36FN5O.HI/c1-3-24-22(26-11-7-15-28-14-5-4-8-18(28)2)27-13-12-25-21(29)17-19-9-6-10-20(23)16-19;/h6,9-10,16,18H,3-5,7-8,11-15,17H2,1-2H3,(H,25,29)(H2,24,26,27);1H. The lowest BCUT2D eigenvalue weighted by molar-refractivity contribution is -0.120. The highest BCUT2D eigenvalue weighted by atomic mass is 127. The van der Waals surface area contributed by atoms with Gasteiger partial charge in [-0.25, -0.2) is 4.39 Å². The van der Waals surface area contributed by atoms with Crippen LogP contribution in [-0.4, -0.2) is 62.1 Å². The molecule has 3 N–H and O–H groups in total. The Bertz CT molecular complexity index is 658. The van der Waals surface area contributed by atoms with Crippen molar-refractivity contribution in [2.24, 2.45) is 4.99 Å². The monoisotopic (exact) mass is 533 g/mol. The molecular formula is C22H37FIN5O. The van der Waals surface area contributed by atoms with Crippen molar-refractivity contribution in [1.82, 2.24) is 20.9 Å². The molecule has 0 radical (unpaired) electrons. The van der Waals surface area contributed by atoms with Gasteiger partial charge in [-0.05, 0) is 57.4 Å². The first-order valence-corrected chi connectivity index (χ1v) is 10.9. The van der Waals surface area contributed by atoms with Crippen LogP contribution in [0, 0.1) is 5.82 Å². The molecule has 1 aromatic carbocycles. The van der Waals surface area contributed by atoms with Crippen molar-refractivity contribution in [1.29, 1.82) is 0 Å². The Kier molecular flexibility index (Phi) is 13.7. The van der Waals surface area contributed by atoms with Crippen molar-refractivity contribution in [3.63, 3.8) is 0 Å². The molecule has 0 saturated carbocycles. The summed E-state index contributed by atoms with van der Waals surface area (Å²) in [7, 11) is 0. The van der Waals surface area contributed by atoms with Crippen LogP contribution in [0.1, 0.15) is 45.1 Å². The summed E-state index contributed by atoms with van der Waals surface area (Å²) >= 11 is 0. The zero-order valence-corrected chi connectivity index (χ0v) is 20.6. The number of carbonyl (C=O) groups is 1. The number of amides is 1. The molecule has 1 aliphatic rings. The first-order chi connectivity index (χ1) is 14.1. The quantitative estimate of drug-likeness (QED) is 0.187. The van der Waals surface area contributed by atoms with Gasteiger partial charge in [-0.15, -0.1) is 24.0 Å². The van der Waals surface area contributed by atoms with Crippen molar-refractivity contribution in [3.05, 3.63) is 35.6 Å². The molecule has 0 aromatic heterocycles. The molecule has 1 amide bonds. The minimum atomic E-state index is -0.321. The van der Waals surface area contributed by atoms with Gasteiger partial charge < -0.3 is 20.9 Å². The van der Waals surface area contributed by atoms with Crippen molar-refractivity contribution >= 4 is 35.8 Å². The second-order valence-corrected chi connectivity index (χ2v) is 7.58. The first-order valence-electron chi connectivity index (χ1n) is 10.9. The van der Waals surface area contributed by atoms with E-state index in [1.807, 2.05) is 6.92 Å². The van der Waals surface area contributed by atoms with Gasteiger partial charge in [0.1, 0.15) is 5.82 Å². The molecule has 30 heavy (non-hydrogen) atoms. The zero-order valence-electron chi connectivity index (χ0n) is 18.3. The van der Waals surface area contributed by atoms with Crippen LogP contribution in [0.25, 0.3) is 0 Å². The van der Waals surface area contributed by atoms with E-state index in [-0.39, 0.29) is 42.1 Å². The van der Waals surface area contributed by atoms with Crippen LogP contribution in [0.2, 0.25) is 0 Å². The SMILES string of the molecule is CCNC(=NCCCN1CCCCC1C)NCCNC(=O)Cc1cccc(F)c1.I. The van der Waals surface area contributed by atoms with Crippen molar-refractivity contribution in [3.8, 4) is 0 Å². The molecule has 1 saturated heterocycles. The smallest absolute Gasteiger partial charge is 0.224 e. The summed E-state index contributed by atoms with van der Waals surface area (Å²) < 4.78 is 13.2. The molecule has 1 aromatic rings. The summed E-state index contributed by atoms with van der Waals surface area (Å²) in [6, 6.07) is 6.82. The third-order valence-corrected chi connectivity index (χ3v) is 5.15. The van der Waals surface area contributed by atoms with Crippen LogP contribution < -0.4 is 16.0 Å². The van der Waals surface area contributed by atoms with E-state index >= 15 is 0 Å². The van der Waals surface area contributed by atoms with E-state index in [2.05, 4.69) is 32.8 Å². The van der Waals surface area contributed by atoms with Crippen LogP contribution in [0.4, 0.5) is 4.39 Å². The van der Waals surface area contributed by atoms with Crippen LogP contribution in [0.5, 0.6) is 0 Å². The average molecular weight is 533 g/mol. The molecule has 6 nitrogen and oxygen atoms in total. The molecule has 170 valence electrons. The zero-order chi connectivity index (χ0) is 20.9. The Morgan fingerprint density at radius 3 is 2.77 bits per heavy atom. The number of carbonyl (C=O) groups excluding carboxylic acids is 1. The highest BCUT2D eigenvalue weighted by Gasteiger charge is 2.16. The van der Waals surface area contributed by atoms with Gasteiger partial charge >= 0.3 is 0 Å². The predicted molar refractivity (Wildman–Crippen MR) is 132 cm³/mol. The van der Waals surface area contributed by atoms with E-state index in [0.29, 0.717) is 24.7 Å². The summed E-state index contributed by atoms with van der Waals surface area (Å²) in [6.45, 7) is 9.31. The van der Waals surface area contributed by atoms with E-state index in [0.717, 1.165) is 32.0 Å². The maximum Gasteiger partial charge on any atom is 0.224 e. The van der Waals surface area contributed by atoms with Gasteiger partial charge in [0.05, 0.1) is 6.42 Å². The Morgan fingerprint density at radius 1 is 1.23 bits per heavy atom. The highest BCUT2D eigenvalue weighted by Crippen LogP contribution is 2.16. The minimum Gasteiger partial charge on any atom is -0.357 e. The number of likely N-dealkylation sites (tertiary alicyclic amines) is 1. The fraction of sp³-hybridized carbons (Fsp3) is 0.636. The number of hydrogen-bond acceptors (Lipinski definition) is 3. The molecular weight excluding hydrogens is 496 g/mol. The van der Waals surface area contributed by atoms with Gasteiger partial charge in [0.2, 0.25) is 5.91 Å². The van der Waals surface area contributed by atoms with E-state index < -0.39 is 0 Å². The molecule has 1 aliphatic heterocycles. The molecule has 1 fully saturated rings. The molecule has 0 aliphatic carbocycles. The topological polar surface area (TPSA) is 68.8 Å². The predicted octanol–water partition coefficient (Wildman–Crippen LogP) is 2.92. The summed E-state index contributed by atoms with van der Waals surface area (Å²) in [6.07, 6.45) is 5.19. The summed E-state index contributed by atoms with van der Waals surface area (Å²) in [5, 5.41) is 9.33. The fourth-order valence-corrected chi connectivity index (χ4v) is 3.57. The van der Waals surface area contributed by atoms with Crippen LogP contribution in [0.3, 0.4) is 0 Å². The van der Waals surface area contributed by atoms with E-state index in [4.69, 9.17) is 0 Å². The third-order valence-electron chi connectivity index (χ3n) is 5.15. The molecule has 0 spiro atoms. The molecule has 2 rings (SSSR count). The Balaban J connectivity index is 0.00000450. The largest absolute Gasteiger partial charge is 0.357 e. The number of halogens is 2.